The van der Waals surface area contributed by atoms with E-state index < -0.39 is 0 Å². The third-order valence-corrected chi connectivity index (χ3v) is 9.30. The van der Waals surface area contributed by atoms with Crippen LogP contribution in [0, 0.1) is 5.82 Å². The minimum absolute atomic E-state index is 0.168. The summed E-state index contributed by atoms with van der Waals surface area (Å²) in [5.41, 5.74) is 12.1. The third kappa shape index (κ3) is 3.40. The lowest BCUT2D eigenvalue weighted by molar-refractivity contribution is 0.651. The summed E-state index contributed by atoms with van der Waals surface area (Å²) in [6, 6.07) is 50.1. The van der Waals surface area contributed by atoms with Gasteiger partial charge in [0.2, 0.25) is 0 Å². The van der Waals surface area contributed by atoms with Gasteiger partial charge in [0.1, 0.15) is 5.82 Å². The van der Waals surface area contributed by atoms with Crippen molar-refractivity contribution in [3.8, 4) is 22.3 Å². The number of anilines is 1. The van der Waals surface area contributed by atoms with Crippen molar-refractivity contribution in [3.05, 3.63) is 151 Å². The Labute approximate surface area is 253 Å². The molecule has 0 aromatic heterocycles. The van der Waals surface area contributed by atoms with Crippen LogP contribution < -0.4 is 5.73 Å². The summed E-state index contributed by atoms with van der Waals surface area (Å²) in [5, 5.41) is 12.2. The predicted octanol–water partition coefficient (Wildman–Crippen LogP) is 11.7. The zero-order valence-electron chi connectivity index (χ0n) is 23.8. The van der Waals surface area contributed by atoms with Crippen molar-refractivity contribution >= 4 is 70.3 Å². The number of fused-ring (bicyclic) bond motifs is 7. The van der Waals surface area contributed by atoms with Gasteiger partial charge in [-0.25, -0.2) is 4.39 Å². The zero-order valence-corrected chi connectivity index (χ0v) is 23.8. The van der Waals surface area contributed by atoms with Gasteiger partial charge in [0, 0.05) is 27.2 Å². The SMILES string of the molecule is Nc1c2ccccc2c(-c2cccc3c2ccc2c(-c4c5ccccc5c(F)c5ccccc45)cccc23)c2ccccc12. The Morgan fingerprint density at radius 2 is 0.614 bits per heavy atom. The van der Waals surface area contributed by atoms with E-state index in [1.54, 1.807) is 0 Å². The first kappa shape index (κ1) is 24.8. The smallest absolute Gasteiger partial charge is 0.138 e. The van der Waals surface area contributed by atoms with E-state index >= 15 is 4.39 Å². The standard InChI is InChI=1S/C42H26FN/c43-41-35-15-5-1-11-31(35)39(32-12-2-6-16-36(32)41)29-21-9-19-25-26-20-10-22-30(28(26)24-23-27(25)29)40-33-13-3-7-17-37(33)42(44)38-18-8-4-14-34(38)40/h1-24H,44H2. The maximum atomic E-state index is 15.7. The number of hydrogen-bond acceptors (Lipinski definition) is 1. The van der Waals surface area contributed by atoms with Crippen LogP contribution in [0.4, 0.5) is 10.1 Å². The zero-order chi connectivity index (χ0) is 29.4. The normalized spacial score (nSPS) is 11.8. The highest BCUT2D eigenvalue weighted by molar-refractivity contribution is 6.25. The fourth-order valence-corrected chi connectivity index (χ4v) is 7.38. The molecular weight excluding hydrogens is 537 g/mol. The maximum absolute atomic E-state index is 15.7. The summed E-state index contributed by atoms with van der Waals surface area (Å²) in [4.78, 5) is 0. The van der Waals surface area contributed by atoms with Crippen molar-refractivity contribution in [3.63, 3.8) is 0 Å². The third-order valence-electron chi connectivity index (χ3n) is 9.30. The molecule has 0 fully saturated rings. The number of hydrogen-bond donors (Lipinski definition) is 1. The largest absolute Gasteiger partial charge is 0.398 e. The van der Waals surface area contributed by atoms with Gasteiger partial charge in [-0.1, -0.05) is 146 Å². The highest BCUT2D eigenvalue weighted by Crippen LogP contribution is 2.46. The monoisotopic (exact) mass is 563 g/mol. The predicted molar refractivity (Wildman–Crippen MR) is 187 cm³/mol. The van der Waals surface area contributed by atoms with Gasteiger partial charge in [0.15, 0.2) is 0 Å². The van der Waals surface area contributed by atoms with Gasteiger partial charge in [0.25, 0.3) is 0 Å². The summed E-state index contributed by atoms with van der Waals surface area (Å²) in [6.45, 7) is 0. The van der Waals surface area contributed by atoms with Crippen LogP contribution in [0.2, 0.25) is 0 Å². The van der Waals surface area contributed by atoms with Crippen LogP contribution >= 0.6 is 0 Å². The summed E-state index contributed by atoms with van der Waals surface area (Å²) in [5.74, 6) is -0.168. The quantitative estimate of drug-likeness (QED) is 0.126. The molecule has 1 nitrogen and oxygen atoms in total. The first-order valence-corrected chi connectivity index (χ1v) is 14.9. The summed E-state index contributed by atoms with van der Waals surface area (Å²) >= 11 is 0. The number of nitrogen functional groups attached to an aromatic ring is 1. The second kappa shape index (κ2) is 9.39. The van der Waals surface area contributed by atoms with E-state index in [-0.39, 0.29) is 5.82 Å². The van der Waals surface area contributed by atoms with Gasteiger partial charge >= 0.3 is 0 Å². The summed E-state index contributed by atoms with van der Waals surface area (Å²) in [6.07, 6.45) is 0. The topological polar surface area (TPSA) is 26.0 Å². The lowest BCUT2D eigenvalue weighted by Crippen LogP contribution is -1.94. The van der Waals surface area contributed by atoms with Crippen molar-refractivity contribution in [1.29, 1.82) is 0 Å². The number of benzene rings is 9. The van der Waals surface area contributed by atoms with Crippen molar-refractivity contribution in [1.82, 2.24) is 0 Å². The van der Waals surface area contributed by atoms with Crippen LogP contribution in [0.1, 0.15) is 0 Å². The fraction of sp³-hybridized carbons (Fsp3) is 0. The van der Waals surface area contributed by atoms with Crippen LogP contribution in [-0.4, -0.2) is 0 Å². The number of nitrogens with two attached hydrogens (primary N) is 1. The molecule has 0 aliphatic rings. The van der Waals surface area contributed by atoms with Crippen molar-refractivity contribution in [2.75, 3.05) is 5.73 Å². The van der Waals surface area contributed by atoms with Crippen LogP contribution in [0.15, 0.2) is 146 Å². The summed E-state index contributed by atoms with van der Waals surface area (Å²) in [7, 11) is 0. The average Bonchev–Trinajstić information content (AvgIpc) is 3.08. The van der Waals surface area contributed by atoms with Crippen molar-refractivity contribution in [2.24, 2.45) is 0 Å². The number of rotatable bonds is 2. The van der Waals surface area contributed by atoms with E-state index in [9.17, 15) is 0 Å². The molecule has 0 amide bonds. The van der Waals surface area contributed by atoms with E-state index in [4.69, 9.17) is 5.73 Å². The van der Waals surface area contributed by atoms with E-state index in [1.807, 2.05) is 48.5 Å². The van der Waals surface area contributed by atoms with Gasteiger partial charge in [-0.2, -0.15) is 0 Å². The first-order valence-electron chi connectivity index (χ1n) is 14.9. The Morgan fingerprint density at radius 1 is 0.295 bits per heavy atom. The van der Waals surface area contributed by atoms with Crippen LogP contribution in [0.5, 0.6) is 0 Å². The minimum Gasteiger partial charge on any atom is -0.398 e. The molecule has 0 saturated carbocycles. The van der Waals surface area contributed by atoms with Crippen molar-refractivity contribution in [2.45, 2.75) is 0 Å². The molecule has 9 aromatic carbocycles. The molecule has 9 rings (SSSR count). The molecular formula is C42H26FN. The van der Waals surface area contributed by atoms with Gasteiger partial charge < -0.3 is 5.73 Å². The van der Waals surface area contributed by atoms with Gasteiger partial charge in [-0.15, -0.1) is 0 Å². The molecule has 9 aromatic rings. The first-order chi connectivity index (χ1) is 21.7. The Bertz CT molecular complexity index is 2330. The highest BCUT2D eigenvalue weighted by Gasteiger charge is 2.19. The van der Waals surface area contributed by atoms with Crippen LogP contribution in [0.3, 0.4) is 0 Å². The molecule has 2 N–H and O–H groups in total. The lowest BCUT2D eigenvalue weighted by Gasteiger charge is -2.18. The molecule has 2 heteroatoms. The Hall–Kier alpha value is -5.73. The van der Waals surface area contributed by atoms with E-state index in [0.29, 0.717) is 10.8 Å². The van der Waals surface area contributed by atoms with Crippen LogP contribution in [-0.2, 0) is 0 Å². The molecule has 0 aliphatic heterocycles. The molecule has 0 unspecified atom stereocenters. The molecule has 0 radical (unpaired) electrons. The molecule has 0 spiro atoms. The molecule has 44 heavy (non-hydrogen) atoms. The van der Waals surface area contributed by atoms with E-state index in [2.05, 4.69) is 97.1 Å². The van der Waals surface area contributed by atoms with Gasteiger partial charge in [-0.05, 0) is 65.3 Å². The maximum Gasteiger partial charge on any atom is 0.138 e. The van der Waals surface area contributed by atoms with Crippen LogP contribution in [0.25, 0.3) is 86.9 Å². The van der Waals surface area contributed by atoms with E-state index in [0.717, 1.165) is 54.5 Å². The molecule has 0 aliphatic carbocycles. The van der Waals surface area contributed by atoms with Gasteiger partial charge in [-0.3, -0.25) is 0 Å². The second-order valence-corrected chi connectivity index (χ2v) is 11.5. The Kier molecular flexibility index (Phi) is 5.30. The number of halogens is 1. The summed E-state index contributed by atoms with van der Waals surface area (Å²) < 4.78 is 15.7. The average molecular weight is 564 g/mol. The minimum atomic E-state index is -0.168. The second-order valence-electron chi connectivity index (χ2n) is 11.5. The molecule has 0 heterocycles. The van der Waals surface area contributed by atoms with Gasteiger partial charge in [0.05, 0.1) is 0 Å². The van der Waals surface area contributed by atoms with Crippen molar-refractivity contribution < 1.29 is 4.39 Å². The molecule has 206 valence electrons. The molecule has 0 saturated heterocycles. The molecule has 0 bridgehead atoms. The molecule has 0 atom stereocenters. The van der Waals surface area contributed by atoms with E-state index in [1.165, 1.54) is 27.3 Å². The Morgan fingerprint density at radius 3 is 1.02 bits per heavy atom. The fourth-order valence-electron chi connectivity index (χ4n) is 7.38. The Balaban J connectivity index is 1.39. The highest BCUT2D eigenvalue weighted by atomic mass is 19.1. The lowest BCUT2D eigenvalue weighted by atomic mass is 9.85.